The molecular formula is C13H17N3O2S. The molecule has 2 rings (SSSR count). The number of aliphatic hydroxyl groups excluding tert-OH is 1. The van der Waals surface area contributed by atoms with E-state index in [4.69, 9.17) is 4.74 Å². The SMILES string of the molecule is Cn1cnnc1SCC(O)COCc1ccccc1. The summed E-state index contributed by atoms with van der Waals surface area (Å²) in [5.74, 6) is 0.543. The smallest absolute Gasteiger partial charge is 0.190 e. The molecule has 0 saturated carbocycles. The second-order valence-corrected chi connectivity index (χ2v) is 5.18. The summed E-state index contributed by atoms with van der Waals surface area (Å²) in [6.45, 7) is 0.840. The molecule has 0 spiro atoms. The summed E-state index contributed by atoms with van der Waals surface area (Å²) in [5, 5.41) is 18.3. The normalized spacial score (nSPS) is 12.5. The molecule has 0 aliphatic rings. The minimum Gasteiger partial charge on any atom is -0.390 e. The van der Waals surface area contributed by atoms with Crippen molar-refractivity contribution >= 4 is 11.8 Å². The Morgan fingerprint density at radius 1 is 1.37 bits per heavy atom. The van der Waals surface area contributed by atoms with Crippen molar-refractivity contribution in [3.8, 4) is 0 Å². The first-order valence-corrected chi connectivity index (χ1v) is 7.01. The van der Waals surface area contributed by atoms with Crippen LogP contribution in [0, 0.1) is 0 Å². The molecule has 0 radical (unpaired) electrons. The number of hydrogen-bond acceptors (Lipinski definition) is 5. The summed E-state index contributed by atoms with van der Waals surface area (Å²) in [6.07, 6.45) is 1.13. The summed E-state index contributed by atoms with van der Waals surface area (Å²) in [6, 6.07) is 9.91. The summed E-state index contributed by atoms with van der Waals surface area (Å²) in [4.78, 5) is 0. The van der Waals surface area contributed by atoms with Crippen LogP contribution in [0.4, 0.5) is 0 Å². The van der Waals surface area contributed by atoms with Crippen LogP contribution in [0.1, 0.15) is 5.56 Å². The molecular weight excluding hydrogens is 262 g/mol. The minimum absolute atomic E-state index is 0.319. The molecule has 1 aromatic heterocycles. The van der Waals surface area contributed by atoms with E-state index < -0.39 is 6.10 Å². The number of ether oxygens (including phenoxy) is 1. The van der Waals surface area contributed by atoms with Crippen molar-refractivity contribution in [3.05, 3.63) is 42.2 Å². The van der Waals surface area contributed by atoms with E-state index in [1.54, 1.807) is 6.33 Å². The maximum Gasteiger partial charge on any atom is 0.190 e. The van der Waals surface area contributed by atoms with Gasteiger partial charge in [-0.15, -0.1) is 10.2 Å². The quantitative estimate of drug-likeness (QED) is 0.778. The van der Waals surface area contributed by atoms with Crippen LogP contribution >= 0.6 is 11.8 Å². The molecule has 1 heterocycles. The van der Waals surface area contributed by atoms with Crippen molar-refractivity contribution in [2.75, 3.05) is 12.4 Å². The van der Waals surface area contributed by atoms with Gasteiger partial charge in [0.05, 0.1) is 19.3 Å². The standard InChI is InChI=1S/C13H17N3O2S/c1-16-10-14-15-13(16)19-9-12(17)8-18-7-11-5-3-2-4-6-11/h2-6,10,12,17H,7-9H2,1H3. The van der Waals surface area contributed by atoms with Gasteiger partial charge in [-0.25, -0.2) is 0 Å². The van der Waals surface area contributed by atoms with Gasteiger partial charge in [0.2, 0.25) is 0 Å². The van der Waals surface area contributed by atoms with Crippen LogP contribution in [0.15, 0.2) is 41.8 Å². The molecule has 102 valence electrons. The third kappa shape index (κ3) is 4.66. The first kappa shape index (κ1) is 14.0. The summed E-state index contributed by atoms with van der Waals surface area (Å²) < 4.78 is 7.30. The van der Waals surface area contributed by atoms with Gasteiger partial charge in [0.15, 0.2) is 5.16 Å². The molecule has 1 atom stereocenters. The number of aliphatic hydroxyl groups is 1. The van der Waals surface area contributed by atoms with E-state index in [-0.39, 0.29) is 0 Å². The van der Waals surface area contributed by atoms with Crippen molar-refractivity contribution in [1.82, 2.24) is 14.8 Å². The van der Waals surface area contributed by atoms with E-state index in [1.807, 2.05) is 41.9 Å². The Bertz CT molecular complexity index is 490. The molecule has 1 N–H and O–H groups in total. The molecule has 0 bridgehead atoms. The Kier molecular flexibility index (Phi) is 5.38. The highest BCUT2D eigenvalue weighted by Crippen LogP contribution is 2.14. The van der Waals surface area contributed by atoms with Gasteiger partial charge < -0.3 is 14.4 Å². The average molecular weight is 279 g/mol. The van der Waals surface area contributed by atoms with Crippen LogP contribution in [-0.4, -0.2) is 38.3 Å². The van der Waals surface area contributed by atoms with Crippen molar-refractivity contribution in [2.45, 2.75) is 17.9 Å². The number of hydrogen-bond donors (Lipinski definition) is 1. The van der Waals surface area contributed by atoms with Gasteiger partial charge in [-0.1, -0.05) is 42.1 Å². The molecule has 1 unspecified atom stereocenters. The van der Waals surface area contributed by atoms with E-state index in [1.165, 1.54) is 11.8 Å². The van der Waals surface area contributed by atoms with Crippen LogP contribution in [0.2, 0.25) is 0 Å². The zero-order valence-corrected chi connectivity index (χ0v) is 11.6. The fourth-order valence-corrected chi connectivity index (χ4v) is 2.30. The van der Waals surface area contributed by atoms with Gasteiger partial charge in [0.25, 0.3) is 0 Å². The Morgan fingerprint density at radius 3 is 2.84 bits per heavy atom. The molecule has 0 amide bonds. The van der Waals surface area contributed by atoms with Crippen LogP contribution in [-0.2, 0) is 18.4 Å². The molecule has 1 aromatic carbocycles. The second kappa shape index (κ2) is 7.28. The van der Waals surface area contributed by atoms with E-state index in [9.17, 15) is 5.11 Å². The lowest BCUT2D eigenvalue weighted by Gasteiger charge is -2.10. The van der Waals surface area contributed by atoms with E-state index in [0.29, 0.717) is 19.0 Å². The monoisotopic (exact) mass is 279 g/mol. The number of aromatic nitrogens is 3. The number of benzene rings is 1. The van der Waals surface area contributed by atoms with E-state index >= 15 is 0 Å². The summed E-state index contributed by atoms with van der Waals surface area (Å²) in [5.41, 5.74) is 1.11. The highest BCUT2D eigenvalue weighted by Gasteiger charge is 2.08. The maximum absolute atomic E-state index is 9.81. The van der Waals surface area contributed by atoms with Crippen molar-refractivity contribution in [3.63, 3.8) is 0 Å². The van der Waals surface area contributed by atoms with Gasteiger partial charge in [0, 0.05) is 12.8 Å². The first-order valence-electron chi connectivity index (χ1n) is 6.02. The highest BCUT2D eigenvalue weighted by atomic mass is 32.2. The number of thioether (sulfide) groups is 1. The van der Waals surface area contributed by atoms with Gasteiger partial charge >= 0.3 is 0 Å². The van der Waals surface area contributed by atoms with Crippen LogP contribution < -0.4 is 0 Å². The lowest BCUT2D eigenvalue weighted by molar-refractivity contribution is 0.0397. The molecule has 5 nitrogen and oxygen atoms in total. The van der Waals surface area contributed by atoms with Gasteiger partial charge in [-0.3, -0.25) is 0 Å². The Morgan fingerprint density at radius 2 is 2.16 bits per heavy atom. The van der Waals surface area contributed by atoms with Crippen LogP contribution in [0.3, 0.4) is 0 Å². The molecule has 6 heteroatoms. The molecule has 2 aromatic rings. The predicted octanol–water partition coefficient (Wildman–Crippen LogP) is 1.48. The molecule has 0 aliphatic carbocycles. The minimum atomic E-state index is -0.509. The molecule has 0 aliphatic heterocycles. The van der Waals surface area contributed by atoms with Crippen molar-refractivity contribution in [1.29, 1.82) is 0 Å². The van der Waals surface area contributed by atoms with Gasteiger partial charge in [-0.05, 0) is 5.56 Å². The molecule has 19 heavy (non-hydrogen) atoms. The zero-order chi connectivity index (χ0) is 13.5. The van der Waals surface area contributed by atoms with Crippen molar-refractivity contribution < 1.29 is 9.84 Å². The third-order valence-corrected chi connectivity index (χ3v) is 3.68. The Balaban J connectivity index is 1.65. The molecule has 0 saturated heterocycles. The summed E-state index contributed by atoms with van der Waals surface area (Å²) in [7, 11) is 1.88. The van der Waals surface area contributed by atoms with Gasteiger partial charge in [-0.2, -0.15) is 0 Å². The second-order valence-electron chi connectivity index (χ2n) is 4.19. The lowest BCUT2D eigenvalue weighted by Crippen LogP contribution is -2.18. The van der Waals surface area contributed by atoms with Crippen LogP contribution in [0.25, 0.3) is 0 Å². The largest absolute Gasteiger partial charge is 0.390 e. The fraction of sp³-hybridized carbons (Fsp3) is 0.385. The third-order valence-electron chi connectivity index (χ3n) is 2.50. The number of aryl methyl sites for hydroxylation is 1. The van der Waals surface area contributed by atoms with E-state index in [0.717, 1.165) is 10.7 Å². The van der Waals surface area contributed by atoms with Crippen molar-refractivity contribution in [2.24, 2.45) is 7.05 Å². The number of rotatable bonds is 7. The fourth-order valence-electron chi connectivity index (χ4n) is 1.51. The number of nitrogens with zero attached hydrogens (tertiary/aromatic N) is 3. The summed E-state index contributed by atoms with van der Waals surface area (Å²) >= 11 is 1.47. The highest BCUT2D eigenvalue weighted by molar-refractivity contribution is 7.99. The molecule has 0 fully saturated rings. The average Bonchev–Trinajstić information content (AvgIpc) is 2.83. The first-order chi connectivity index (χ1) is 9.25. The maximum atomic E-state index is 9.81. The Labute approximate surface area is 116 Å². The lowest BCUT2D eigenvalue weighted by atomic mass is 10.2. The topological polar surface area (TPSA) is 60.2 Å². The van der Waals surface area contributed by atoms with Crippen LogP contribution in [0.5, 0.6) is 0 Å². The zero-order valence-electron chi connectivity index (χ0n) is 10.8. The van der Waals surface area contributed by atoms with Gasteiger partial charge in [0.1, 0.15) is 6.33 Å². The Hall–Kier alpha value is -1.37. The predicted molar refractivity (Wildman–Crippen MR) is 73.8 cm³/mol. The van der Waals surface area contributed by atoms with E-state index in [2.05, 4.69) is 10.2 Å².